The maximum atomic E-state index is 5.85. The second kappa shape index (κ2) is 13.4. The van der Waals surface area contributed by atoms with Gasteiger partial charge in [0.05, 0.1) is 13.7 Å². The molecule has 0 atom stereocenters. The maximum Gasteiger partial charge on any atom is 0.191 e. The van der Waals surface area contributed by atoms with Crippen LogP contribution in [0, 0.1) is 5.92 Å². The molecule has 1 saturated heterocycles. The van der Waals surface area contributed by atoms with Gasteiger partial charge in [-0.3, -0.25) is 4.99 Å². The Morgan fingerprint density at radius 2 is 1.97 bits per heavy atom. The molecule has 2 fully saturated rings. The Balaban J connectivity index is 0.00000320. The van der Waals surface area contributed by atoms with Crippen molar-refractivity contribution in [2.45, 2.75) is 44.4 Å². The van der Waals surface area contributed by atoms with Crippen LogP contribution in [0.25, 0.3) is 0 Å². The van der Waals surface area contributed by atoms with Crippen LogP contribution in [-0.4, -0.2) is 59.1 Å². The average Bonchev–Trinajstić information content (AvgIpc) is 3.56. The minimum Gasteiger partial charge on any atom is -0.496 e. The van der Waals surface area contributed by atoms with Gasteiger partial charge in [0.1, 0.15) is 5.75 Å². The Labute approximate surface area is 198 Å². The number of halogens is 1. The fourth-order valence-electron chi connectivity index (χ4n) is 3.86. The van der Waals surface area contributed by atoms with Gasteiger partial charge in [-0.1, -0.05) is 18.2 Å². The van der Waals surface area contributed by atoms with E-state index in [0.717, 1.165) is 89.9 Å². The highest BCUT2D eigenvalue weighted by atomic mass is 127. The first-order chi connectivity index (χ1) is 14.3. The summed E-state index contributed by atoms with van der Waals surface area (Å²) >= 11 is 0. The van der Waals surface area contributed by atoms with Gasteiger partial charge in [-0.15, -0.1) is 24.0 Å². The van der Waals surface area contributed by atoms with Crippen molar-refractivity contribution in [2.24, 2.45) is 10.9 Å². The van der Waals surface area contributed by atoms with Crippen LogP contribution in [0.2, 0.25) is 0 Å². The first-order valence-electron chi connectivity index (χ1n) is 11.1. The number of hydrogen-bond acceptors (Lipinski definition) is 4. The molecule has 6 nitrogen and oxygen atoms in total. The summed E-state index contributed by atoms with van der Waals surface area (Å²) in [4.78, 5) is 4.87. The van der Waals surface area contributed by atoms with Crippen molar-refractivity contribution in [2.75, 3.05) is 53.2 Å². The molecule has 170 valence electrons. The zero-order chi connectivity index (χ0) is 20.4. The normalized spacial score (nSPS) is 18.4. The first-order valence-corrected chi connectivity index (χ1v) is 11.1. The molecule has 1 aliphatic heterocycles. The van der Waals surface area contributed by atoms with Crippen LogP contribution in [0.5, 0.6) is 5.75 Å². The SMILES string of the molecule is CCNC(=NCC1(c2ccccc2OC)CC1)NCCCOCC1CCOCC1.I. The van der Waals surface area contributed by atoms with Crippen molar-refractivity contribution in [1.29, 1.82) is 0 Å². The zero-order valence-electron chi connectivity index (χ0n) is 18.5. The van der Waals surface area contributed by atoms with Gasteiger partial charge in [-0.2, -0.15) is 0 Å². The van der Waals surface area contributed by atoms with E-state index in [1.54, 1.807) is 7.11 Å². The third-order valence-corrected chi connectivity index (χ3v) is 5.87. The highest BCUT2D eigenvalue weighted by Gasteiger charge is 2.46. The van der Waals surface area contributed by atoms with Gasteiger partial charge in [-0.25, -0.2) is 0 Å². The topological polar surface area (TPSA) is 64.1 Å². The number of para-hydroxylation sites is 1. The molecule has 1 aliphatic carbocycles. The predicted octanol–water partition coefficient (Wildman–Crippen LogP) is 3.73. The summed E-state index contributed by atoms with van der Waals surface area (Å²) in [5.41, 5.74) is 1.41. The fraction of sp³-hybridized carbons (Fsp3) is 0.696. The Bertz CT molecular complexity index is 646. The Kier molecular flexibility index (Phi) is 11.2. The molecule has 0 aromatic heterocycles. The number of guanidine groups is 1. The van der Waals surface area contributed by atoms with Crippen LogP contribution in [0.4, 0.5) is 0 Å². The van der Waals surface area contributed by atoms with E-state index < -0.39 is 0 Å². The molecular weight excluding hydrogens is 493 g/mol. The number of nitrogens with zero attached hydrogens (tertiary/aromatic N) is 1. The molecule has 1 aromatic rings. The van der Waals surface area contributed by atoms with Crippen molar-refractivity contribution in [3.63, 3.8) is 0 Å². The first kappa shape index (κ1) is 25.2. The number of ether oxygens (including phenoxy) is 3. The van der Waals surface area contributed by atoms with Gasteiger partial charge in [-0.05, 0) is 51.0 Å². The monoisotopic (exact) mass is 531 g/mol. The lowest BCUT2D eigenvalue weighted by molar-refractivity contribution is 0.0203. The maximum absolute atomic E-state index is 5.85. The largest absolute Gasteiger partial charge is 0.496 e. The van der Waals surface area contributed by atoms with Gasteiger partial charge < -0.3 is 24.8 Å². The molecule has 1 aromatic carbocycles. The molecule has 0 spiro atoms. The minimum atomic E-state index is 0. The molecule has 3 rings (SSSR count). The van der Waals surface area contributed by atoms with E-state index in [4.69, 9.17) is 19.2 Å². The summed E-state index contributed by atoms with van der Waals surface area (Å²) in [5, 5.41) is 6.81. The molecule has 0 radical (unpaired) electrons. The molecule has 2 N–H and O–H groups in total. The van der Waals surface area contributed by atoms with Crippen molar-refractivity contribution in [1.82, 2.24) is 10.6 Å². The third-order valence-electron chi connectivity index (χ3n) is 5.87. The predicted molar refractivity (Wildman–Crippen MR) is 132 cm³/mol. The molecule has 2 aliphatic rings. The van der Waals surface area contributed by atoms with Gasteiger partial charge in [0.25, 0.3) is 0 Å². The fourth-order valence-corrected chi connectivity index (χ4v) is 3.86. The summed E-state index contributed by atoms with van der Waals surface area (Å²) in [6, 6.07) is 8.34. The standard InChI is InChI=1S/C23H37N3O3.HI/c1-3-24-22(25-13-6-14-29-17-19-9-15-28-16-10-19)26-18-23(11-12-23)20-7-4-5-8-21(20)27-2;/h4-5,7-8,19H,3,6,9-18H2,1-2H3,(H2,24,25,26);1H. The van der Waals surface area contributed by atoms with Gasteiger partial charge in [0.15, 0.2) is 5.96 Å². The van der Waals surface area contributed by atoms with Crippen LogP contribution in [0.15, 0.2) is 29.3 Å². The van der Waals surface area contributed by atoms with E-state index in [0.29, 0.717) is 5.92 Å². The van der Waals surface area contributed by atoms with E-state index in [-0.39, 0.29) is 29.4 Å². The van der Waals surface area contributed by atoms with Gasteiger partial charge in [0.2, 0.25) is 0 Å². The lowest BCUT2D eigenvalue weighted by Crippen LogP contribution is -2.38. The lowest BCUT2D eigenvalue weighted by Gasteiger charge is -2.21. The van der Waals surface area contributed by atoms with E-state index in [1.807, 2.05) is 12.1 Å². The van der Waals surface area contributed by atoms with Crippen molar-refractivity contribution < 1.29 is 14.2 Å². The summed E-state index contributed by atoms with van der Waals surface area (Å²) < 4.78 is 16.8. The second-order valence-corrected chi connectivity index (χ2v) is 8.09. The highest BCUT2D eigenvalue weighted by molar-refractivity contribution is 14.0. The minimum absolute atomic E-state index is 0. The number of methoxy groups -OCH3 is 1. The Hall–Kier alpha value is -1.06. The lowest BCUT2D eigenvalue weighted by atomic mass is 9.95. The summed E-state index contributed by atoms with van der Waals surface area (Å²) in [5.74, 6) is 2.53. The summed E-state index contributed by atoms with van der Waals surface area (Å²) in [7, 11) is 1.74. The van der Waals surface area contributed by atoms with Gasteiger partial charge in [0, 0.05) is 50.5 Å². The molecule has 0 amide bonds. The quantitative estimate of drug-likeness (QED) is 0.197. The number of hydrogen-bond donors (Lipinski definition) is 2. The van der Waals surface area contributed by atoms with Crippen molar-refractivity contribution in [3.8, 4) is 5.75 Å². The van der Waals surface area contributed by atoms with Crippen LogP contribution < -0.4 is 15.4 Å². The van der Waals surface area contributed by atoms with Crippen LogP contribution in [0.1, 0.15) is 44.6 Å². The third kappa shape index (κ3) is 7.57. The van der Waals surface area contributed by atoms with Crippen molar-refractivity contribution >= 4 is 29.9 Å². The number of rotatable bonds is 11. The van der Waals surface area contributed by atoms with Crippen LogP contribution in [0.3, 0.4) is 0 Å². The van der Waals surface area contributed by atoms with Crippen LogP contribution >= 0.6 is 24.0 Å². The molecular formula is C23H38IN3O3. The molecule has 1 saturated carbocycles. The number of nitrogens with one attached hydrogen (secondary N) is 2. The second-order valence-electron chi connectivity index (χ2n) is 8.09. The number of benzene rings is 1. The van der Waals surface area contributed by atoms with Crippen LogP contribution in [-0.2, 0) is 14.9 Å². The van der Waals surface area contributed by atoms with Crippen molar-refractivity contribution in [3.05, 3.63) is 29.8 Å². The molecule has 1 heterocycles. The summed E-state index contributed by atoms with van der Waals surface area (Å²) in [6.45, 7) is 8.01. The van der Waals surface area contributed by atoms with E-state index in [1.165, 1.54) is 5.56 Å². The molecule has 0 unspecified atom stereocenters. The molecule has 30 heavy (non-hydrogen) atoms. The smallest absolute Gasteiger partial charge is 0.191 e. The Morgan fingerprint density at radius 3 is 2.67 bits per heavy atom. The molecule has 7 heteroatoms. The Morgan fingerprint density at radius 1 is 1.20 bits per heavy atom. The summed E-state index contributed by atoms with van der Waals surface area (Å²) in [6.07, 6.45) is 5.56. The van der Waals surface area contributed by atoms with Gasteiger partial charge >= 0.3 is 0 Å². The highest BCUT2D eigenvalue weighted by Crippen LogP contribution is 2.51. The van der Waals surface area contributed by atoms with E-state index in [9.17, 15) is 0 Å². The molecule has 0 bridgehead atoms. The zero-order valence-corrected chi connectivity index (χ0v) is 20.8. The number of aliphatic imine (C=N–C) groups is 1. The van der Waals surface area contributed by atoms with E-state index >= 15 is 0 Å². The van der Waals surface area contributed by atoms with E-state index in [2.05, 4.69) is 29.7 Å². The average molecular weight is 531 g/mol.